The van der Waals surface area contributed by atoms with Crippen LogP contribution in [-0.4, -0.2) is 61.0 Å². The molecule has 0 saturated carbocycles. The van der Waals surface area contributed by atoms with Gasteiger partial charge in [0, 0.05) is 0 Å². The van der Waals surface area contributed by atoms with Gasteiger partial charge in [-0.05, 0) is 48.5 Å². The third kappa shape index (κ3) is 7.60. The summed E-state index contributed by atoms with van der Waals surface area (Å²) in [6.07, 6.45) is -7.36. The van der Waals surface area contributed by atoms with Crippen molar-refractivity contribution in [2.24, 2.45) is 0 Å². The topological polar surface area (TPSA) is 138 Å². The summed E-state index contributed by atoms with van der Waals surface area (Å²) in [7, 11) is 0. The number of esters is 4. The van der Waals surface area contributed by atoms with Crippen LogP contribution in [0.2, 0.25) is 0 Å². The maximum Gasteiger partial charge on any atom is 0.338 e. The summed E-state index contributed by atoms with van der Waals surface area (Å²) >= 11 is 0. The second-order valence-corrected chi connectivity index (χ2v) is 9.90. The average Bonchev–Trinajstić information content (AvgIpc) is 3.10. The number of hydrogen-bond donors (Lipinski definition) is 0. The van der Waals surface area contributed by atoms with Gasteiger partial charge < -0.3 is 23.7 Å². The Kier molecular flexibility index (Phi) is 9.94. The molecule has 0 aromatic heterocycles. The highest BCUT2D eigenvalue weighted by Crippen LogP contribution is 2.31. The summed E-state index contributed by atoms with van der Waals surface area (Å²) in [4.78, 5) is 52.6. The lowest BCUT2D eigenvalue weighted by Crippen LogP contribution is -2.62. The van der Waals surface area contributed by atoms with Crippen LogP contribution in [0.1, 0.15) is 41.4 Å². The van der Waals surface area contributed by atoms with Gasteiger partial charge in [0.25, 0.3) is 0 Å². The molecule has 0 bridgehead atoms. The molecule has 10 nitrogen and oxygen atoms in total. The lowest BCUT2D eigenvalue weighted by atomic mass is 9.94. The summed E-state index contributed by atoms with van der Waals surface area (Å²) in [6.45, 7) is -0.489. The van der Waals surface area contributed by atoms with Crippen LogP contribution in [0.3, 0.4) is 0 Å². The fraction of sp³-hybridized carbons (Fsp3) is 0.171. The number of rotatable bonds is 9. The fourth-order valence-corrected chi connectivity index (χ4v) is 4.67. The molecule has 0 unspecified atom stereocenters. The Bertz CT molecular complexity index is 1660. The van der Waals surface area contributed by atoms with Crippen LogP contribution in [0.4, 0.5) is 0 Å². The first kappa shape index (κ1) is 30.7. The van der Waals surface area contributed by atoms with E-state index in [1.807, 2.05) is 6.07 Å². The molecule has 0 aliphatic carbocycles. The molecule has 0 radical (unpaired) electrons. The largest absolute Gasteiger partial charge is 0.459 e. The highest BCUT2D eigenvalue weighted by molar-refractivity contribution is 5.91. The number of benzene rings is 4. The van der Waals surface area contributed by atoms with Crippen molar-refractivity contribution < 1.29 is 42.9 Å². The van der Waals surface area contributed by atoms with E-state index in [-0.39, 0.29) is 22.3 Å². The summed E-state index contributed by atoms with van der Waals surface area (Å²) in [6, 6.07) is 34.1. The molecule has 1 fully saturated rings. The second kappa shape index (κ2) is 14.6. The molecule has 226 valence electrons. The molecule has 45 heavy (non-hydrogen) atoms. The van der Waals surface area contributed by atoms with Crippen molar-refractivity contribution in [1.82, 2.24) is 0 Å². The van der Waals surface area contributed by atoms with Crippen LogP contribution in [0.15, 0.2) is 121 Å². The molecule has 0 N–H and O–H groups in total. The molecule has 5 rings (SSSR count). The number of carbonyl (C=O) groups excluding carboxylic acids is 4. The first-order chi connectivity index (χ1) is 21.9. The molecule has 0 amide bonds. The van der Waals surface area contributed by atoms with Crippen molar-refractivity contribution in [3.05, 3.63) is 144 Å². The van der Waals surface area contributed by atoms with E-state index in [0.717, 1.165) is 0 Å². The lowest BCUT2D eigenvalue weighted by molar-refractivity contribution is -0.215. The second-order valence-electron chi connectivity index (χ2n) is 9.90. The van der Waals surface area contributed by atoms with Crippen molar-refractivity contribution in [3.8, 4) is 6.07 Å². The van der Waals surface area contributed by atoms with Crippen molar-refractivity contribution in [2.75, 3.05) is 6.61 Å². The number of nitriles is 1. The highest BCUT2D eigenvalue weighted by Gasteiger charge is 2.53. The van der Waals surface area contributed by atoms with E-state index in [4.69, 9.17) is 23.7 Å². The molecule has 1 aliphatic heterocycles. The Hall–Kier alpha value is -5.79. The highest BCUT2D eigenvalue weighted by atomic mass is 16.7. The minimum Gasteiger partial charge on any atom is -0.459 e. The number of carbonyl (C=O) groups is 4. The van der Waals surface area contributed by atoms with Gasteiger partial charge in [-0.25, -0.2) is 19.2 Å². The van der Waals surface area contributed by atoms with Crippen molar-refractivity contribution in [3.63, 3.8) is 0 Å². The van der Waals surface area contributed by atoms with Gasteiger partial charge in [-0.1, -0.05) is 72.8 Å². The first-order valence-electron chi connectivity index (χ1n) is 14.0. The van der Waals surface area contributed by atoms with Crippen molar-refractivity contribution in [2.45, 2.75) is 30.5 Å². The molecule has 10 heteroatoms. The quantitative estimate of drug-likeness (QED) is 0.193. The zero-order valence-electron chi connectivity index (χ0n) is 23.8. The van der Waals surface area contributed by atoms with Crippen LogP contribution in [0, 0.1) is 11.3 Å². The molecule has 4 aromatic carbocycles. The molecule has 0 spiro atoms. The van der Waals surface area contributed by atoms with E-state index < -0.39 is 61.0 Å². The van der Waals surface area contributed by atoms with E-state index in [2.05, 4.69) is 0 Å². The minimum atomic E-state index is -1.54. The van der Waals surface area contributed by atoms with Gasteiger partial charge in [-0.15, -0.1) is 0 Å². The minimum absolute atomic E-state index is 0.158. The predicted octanol–water partition coefficient (Wildman–Crippen LogP) is 4.81. The zero-order chi connectivity index (χ0) is 31.6. The predicted molar refractivity (Wildman–Crippen MR) is 158 cm³/mol. The fourth-order valence-electron chi connectivity index (χ4n) is 4.67. The molecule has 5 atom stereocenters. The first-order valence-corrected chi connectivity index (χ1v) is 14.0. The number of nitrogens with zero attached hydrogens (tertiary/aromatic N) is 1. The third-order valence-electron chi connectivity index (χ3n) is 6.91. The van der Waals surface area contributed by atoms with E-state index in [0.29, 0.717) is 0 Å². The Morgan fingerprint density at radius 2 is 0.889 bits per heavy atom. The van der Waals surface area contributed by atoms with Gasteiger partial charge in [-0.2, -0.15) is 5.26 Å². The zero-order valence-corrected chi connectivity index (χ0v) is 23.8. The summed E-state index contributed by atoms with van der Waals surface area (Å²) in [5.74, 6) is -3.17. The normalized spacial score (nSPS) is 20.6. The Balaban J connectivity index is 1.51. The lowest BCUT2D eigenvalue weighted by Gasteiger charge is -2.42. The number of ether oxygens (including phenoxy) is 5. The van der Waals surface area contributed by atoms with Gasteiger partial charge in [-0.3, -0.25) is 0 Å². The van der Waals surface area contributed by atoms with E-state index in [1.165, 1.54) is 36.4 Å². The van der Waals surface area contributed by atoms with Crippen LogP contribution >= 0.6 is 0 Å². The van der Waals surface area contributed by atoms with Gasteiger partial charge in [0.1, 0.15) is 12.7 Å². The van der Waals surface area contributed by atoms with Crippen LogP contribution in [-0.2, 0) is 23.7 Å². The summed E-state index contributed by atoms with van der Waals surface area (Å²) in [5, 5.41) is 10.1. The monoisotopic (exact) mass is 605 g/mol. The van der Waals surface area contributed by atoms with Crippen LogP contribution < -0.4 is 0 Å². The Labute approximate surface area is 258 Å². The van der Waals surface area contributed by atoms with Crippen molar-refractivity contribution in [1.29, 1.82) is 5.26 Å². The van der Waals surface area contributed by atoms with Crippen LogP contribution in [0.5, 0.6) is 0 Å². The van der Waals surface area contributed by atoms with E-state index in [9.17, 15) is 24.4 Å². The van der Waals surface area contributed by atoms with Crippen molar-refractivity contribution >= 4 is 23.9 Å². The van der Waals surface area contributed by atoms with Gasteiger partial charge in [0.15, 0.2) is 24.4 Å². The Morgan fingerprint density at radius 3 is 1.29 bits per heavy atom. The third-order valence-corrected chi connectivity index (χ3v) is 6.91. The van der Waals surface area contributed by atoms with Crippen LogP contribution in [0.25, 0.3) is 0 Å². The molecule has 4 aromatic rings. The van der Waals surface area contributed by atoms with Gasteiger partial charge in [0.05, 0.1) is 28.3 Å². The Morgan fingerprint density at radius 1 is 0.533 bits per heavy atom. The summed E-state index contributed by atoms with van der Waals surface area (Å²) < 4.78 is 28.9. The smallest absolute Gasteiger partial charge is 0.338 e. The summed E-state index contributed by atoms with van der Waals surface area (Å²) in [5.41, 5.74) is 0.750. The average molecular weight is 606 g/mol. The SMILES string of the molecule is N#C[C@@H]1O[C@H](COC(=O)c2ccccc2)[C@@H](OC(=O)c2ccccc2)[C@H](OC(=O)c2ccccc2)[C@H]1OC(=O)c1ccccc1. The van der Waals surface area contributed by atoms with E-state index in [1.54, 1.807) is 84.9 Å². The molecule has 1 saturated heterocycles. The maximum atomic E-state index is 13.4. The van der Waals surface area contributed by atoms with E-state index >= 15 is 0 Å². The molecular formula is C35H27NO9. The van der Waals surface area contributed by atoms with Gasteiger partial charge in [0.2, 0.25) is 0 Å². The number of hydrogen-bond acceptors (Lipinski definition) is 10. The molecule has 1 heterocycles. The molecule has 1 aliphatic rings. The van der Waals surface area contributed by atoms with Gasteiger partial charge >= 0.3 is 23.9 Å². The standard InChI is InChI=1S/C35H27NO9/c36-21-27-29(43-33(38)24-15-7-2-8-16-24)31(45-35(40)26-19-11-4-12-20-26)30(44-34(39)25-17-9-3-10-18-25)28(42-27)22-41-32(37)23-13-5-1-6-14-23/h1-20,27-31H,22H2/t27-,28+,29-,30+,31+/m0/s1. The maximum absolute atomic E-state index is 13.4. The molecular weight excluding hydrogens is 578 g/mol.